The van der Waals surface area contributed by atoms with Gasteiger partial charge in [0.2, 0.25) is 5.91 Å². The summed E-state index contributed by atoms with van der Waals surface area (Å²) in [6.07, 6.45) is 0.430. The fraction of sp³-hybridized carbons (Fsp3) is 0.316. The van der Waals surface area contributed by atoms with Crippen LogP contribution in [0, 0.1) is 17.5 Å². The summed E-state index contributed by atoms with van der Waals surface area (Å²) >= 11 is 0. The minimum Gasteiger partial charge on any atom is -0.374 e. The molecule has 1 aliphatic rings. The van der Waals surface area contributed by atoms with E-state index in [1.807, 2.05) is 0 Å². The first-order valence-electron chi connectivity index (χ1n) is 8.04. The van der Waals surface area contributed by atoms with Crippen LogP contribution in [0.1, 0.15) is 36.1 Å². The molecule has 1 aliphatic heterocycles. The van der Waals surface area contributed by atoms with Crippen LogP contribution in [0.2, 0.25) is 0 Å². The van der Waals surface area contributed by atoms with Gasteiger partial charge in [-0.3, -0.25) is 4.79 Å². The number of halogens is 3. The fourth-order valence-corrected chi connectivity index (χ4v) is 3.28. The highest BCUT2D eigenvalue weighted by atomic mass is 19.2. The standard InChI is InChI=1S/C19H18F3NO2/c1-25-19(13-6-9-15(21)16(22)11-13)18(23-10-2-3-17(23)24)12-4-7-14(20)8-5-12/h4-9,11,18-19H,2-3,10H2,1H3/t18-,19?/m0/s1. The van der Waals surface area contributed by atoms with Crippen LogP contribution in [0.25, 0.3) is 0 Å². The smallest absolute Gasteiger partial charge is 0.223 e. The maximum atomic E-state index is 13.7. The van der Waals surface area contributed by atoms with E-state index in [-0.39, 0.29) is 5.91 Å². The summed E-state index contributed by atoms with van der Waals surface area (Å²) in [6.45, 7) is 0.532. The van der Waals surface area contributed by atoms with Crippen molar-refractivity contribution in [2.24, 2.45) is 0 Å². The lowest BCUT2D eigenvalue weighted by atomic mass is 9.94. The topological polar surface area (TPSA) is 29.5 Å². The normalized spacial score (nSPS) is 17.0. The summed E-state index contributed by atoms with van der Waals surface area (Å²) in [7, 11) is 1.45. The van der Waals surface area contributed by atoms with Crippen molar-refractivity contribution in [3.8, 4) is 0 Å². The second kappa shape index (κ2) is 7.27. The van der Waals surface area contributed by atoms with E-state index < -0.39 is 29.6 Å². The van der Waals surface area contributed by atoms with E-state index in [1.54, 1.807) is 17.0 Å². The van der Waals surface area contributed by atoms with Crippen LogP contribution in [0.15, 0.2) is 42.5 Å². The van der Waals surface area contributed by atoms with Crippen molar-refractivity contribution in [2.75, 3.05) is 13.7 Å². The third kappa shape index (κ3) is 3.54. The molecule has 0 N–H and O–H groups in total. The maximum Gasteiger partial charge on any atom is 0.223 e. The fourth-order valence-electron chi connectivity index (χ4n) is 3.28. The zero-order valence-corrected chi connectivity index (χ0v) is 13.7. The van der Waals surface area contributed by atoms with Crippen molar-refractivity contribution >= 4 is 5.91 Å². The molecule has 0 saturated carbocycles. The van der Waals surface area contributed by atoms with Gasteiger partial charge < -0.3 is 9.64 Å². The van der Waals surface area contributed by atoms with Crippen LogP contribution in [-0.4, -0.2) is 24.5 Å². The summed E-state index contributed by atoms with van der Waals surface area (Å²) < 4.78 is 45.8. The Balaban J connectivity index is 2.05. The van der Waals surface area contributed by atoms with E-state index in [2.05, 4.69) is 0 Å². The van der Waals surface area contributed by atoms with E-state index in [1.165, 1.54) is 25.3 Å². The molecule has 0 radical (unpaired) electrons. The van der Waals surface area contributed by atoms with Gasteiger partial charge in [-0.2, -0.15) is 0 Å². The molecule has 0 spiro atoms. The first-order chi connectivity index (χ1) is 12.0. The molecule has 1 unspecified atom stereocenters. The molecule has 3 nitrogen and oxygen atoms in total. The Hall–Kier alpha value is -2.34. The predicted molar refractivity (Wildman–Crippen MR) is 86.2 cm³/mol. The van der Waals surface area contributed by atoms with Gasteiger partial charge in [-0.05, 0) is 41.8 Å². The van der Waals surface area contributed by atoms with Gasteiger partial charge in [-0.1, -0.05) is 18.2 Å². The SMILES string of the molecule is COC(c1ccc(F)c(F)c1)[C@H](c1ccc(F)cc1)N1CCCC1=O. The summed E-state index contributed by atoms with van der Waals surface area (Å²) in [5.74, 6) is -2.37. The average molecular weight is 349 g/mol. The number of rotatable bonds is 5. The molecule has 0 bridgehead atoms. The zero-order valence-electron chi connectivity index (χ0n) is 13.7. The van der Waals surface area contributed by atoms with Crippen LogP contribution < -0.4 is 0 Å². The van der Waals surface area contributed by atoms with E-state index >= 15 is 0 Å². The second-order valence-corrected chi connectivity index (χ2v) is 6.02. The van der Waals surface area contributed by atoms with E-state index in [0.717, 1.165) is 12.1 Å². The van der Waals surface area contributed by atoms with Gasteiger partial charge in [0, 0.05) is 20.1 Å². The van der Waals surface area contributed by atoms with Gasteiger partial charge >= 0.3 is 0 Å². The van der Waals surface area contributed by atoms with E-state index in [9.17, 15) is 18.0 Å². The Bertz CT molecular complexity index is 764. The average Bonchev–Trinajstić information content (AvgIpc) is 3.02. The van der Waals surface area contributed by atoms with Gasteiger partial charge in [0.15, 0.2) is 11.6 Å². The number of ether oxygens (including phenoxy) is 1. The Morgan fingerprint density at radius 2 is 1.68 bits per heavy atom. The molecule has 6 heteroatoms. The van der Waals surface area contributed by atoms with Gasteiger partial charge in [-0.15, -0.1) is 0 Å². The predicted octanol–water partition coefficient (Wildman–Crippen LogP) is 4.16. The number of carbonyl (C=O) groups excluding carboxylic acids is 1. The molecule has 1 heterocycles. The molecule has 0 aromatic heterocycles. The summed E-state index contributed by atoms with van der Waals surface area (Å²) in [4.78, 5) is 13.9. The quantitative estimate of drug-likeness (QED) is 0.811. The molecule has 1 saturated heterocycles. The monoisotopic (exact) mass is 349 g/mol. The van der Waals surface area contributed by atoms with Crippen molar-refractivity contribution in [2.45, 2.75) is 25.0 Å². The van der Waals surface area contributed by atoms with Gasteiger partial charge in [-0.25, -0.2) is 13.2 Å². The van der Waals surface area contributed by atoms with E-state index in [0.29, 0.717) is 30.5 Å². The third-order valence-corrected chi connectivity index (χ3v) is 4.47. The second-order valence-electron chi connectivity index (χ2n) is 6.02. The highest BCUT2D eigenvalue weighted by Gasteiger charge is 2.36. The Labute approximate surface area is 144 Å². The third-order valence-electron chi connectivity index (χ3n) is 4.47. The van der Waals surface area contributed by atoms with Crippen molar-refractivity contribution in [3.05, 3.63) is 71.0 Å². The van der Waals surface area contributed by atoms with Crippen molar-refractivity contribution < 1.29 is 22.7 Å². The lowest BCUT2D eigenvalue weighted by molar-refractivity contribution is -0.133. The summed E-state index contributed by atoms with van der Waals surface area (Å²) in [5.41, 5.74) is 1.09. The number of hydrogen-bond donors (Lipinski definition) is 0. The molecule has 2 atom stereocenters. The number of likely N-dealkylation sites (tertiary alicyclic amines) is 1. The lowest BCUT2D eigenvalue weighted by Crippen LogP contribution is -2.34. The van der Waals surface area contributed by atoms with Crippen molar-refractivity contribution in [1.29, 1.82) is 0 Å². The summed E-state index contributed by atoms with van der Waals surface area (Å²) in [6, 6.07) is 8.76. The van der Waals surface area contributed by atoms with Crippen molar-refractivity contribution in [1.82, 2.24) is 4.90 Å². The molecule has 1 fully saturated rings. The van der Waals surface area contributed by atoms with Crippen LogP contribution in [0.3, 0.4) is 0 Å². The Morgan fingerprint density at radius 1 is 1.00 bits per heavy atom. The molecule has 132 valence electrons. The Morgan fingerprint density at radius 3 is 2.24 bits per heavy atom. The maximum absolute atomic E-state index is 13.7. The molecular formula is C19H18F3NO2. The number of carbonyl (C=O) groups is 1. The number of hydrogen-bond acceptors (Lipinski definition) is 2. The Kier molecular flexibility index (Phi) is 5.08. The minimum absolute atomic E-state index is 0.0426. The number of benzene rings is 2. The molecule has 0 aliphatic carbocycles. The van der Waals surface area contributed by atoms with Crippen LogP contribution >= 0.6 is 0 Å². The van der Waals surface area contributed by atoms with Crippen molar-refractivity contribution in [3.63, 3.8) is 0 Å². The first kappa shape index (κ1) is 17.5. The lowest BCUT2D eigenvalue weighted by Gasteiger charge is -2.34. The number of amides is 1. The molecule has 2 aromatic carbocycles. The van der Waals surface area contributed by atoms with Crippen LogP contribution in [0.5, 0.6) is 0 Å². The number of methoxy groups -OCH3 is 1. The van der Waals surface area contributed by atoms with Crippen LogP contribution in [0.4, 0.5) is 13.2 Å². The van der Waals surface area contributed by atoms with E-state index in [4.69, 9.17) is 4.74 Å². The highest BCUT2D eigenvalue weighted by Crippen LogP contribution is 2.39. The number of nitrogens with zero attached hydrogens (tertiary/aromatic N) is 1. The largest absolute Gasteiger partial charge is 0.374 e. The van der Waals surface area contributed by atoms with Gasteiger partial charge in [0.1, 0.15) is 11.9 Å². The minimum atomic E-state index is -0.981. The molecular weight excluding hydrogens is 331 g/mol. The van der Waals surface area contributed by atoms with Gasteiger partial charge in [0.05, 0.1) is 6.04 Å². The first-order valence-corrected chi connectivity index (χ1v) is 8.04. The molecule has 1 amide bonds. The molecule has 25 heavy (non-hydrogen) atoms. The summed E-state index contributed by atoms with van der Waals surface area (Å²) in [5, 5.41) is 0. The molecule has 2 aromatic rings. The van der Waals surface area contributed by atoms with Gasteiger partial charge in [0.25, 0.3) is 0 Å². The highest BCUT2D eigenvalue weighted by molar-refractivity contribution is 5.78. The molecule has 3 rings (SSSR count). The van der Waals surface area contributed by atoms with Crippen LogP contribution in [-0.2, 0) is 9.53 Å². The zero-order chi connectivity index (χ0) is 18.0.